The molecule has 9 rings (SSSR count). The van der Waals surface area contributed by atoms with Gasteiger partial charge in [-0.1, -0.05) is 84.9 Å². The van der Waals surface area contributed by atoms with E-state index in [4.69, 9.17) is 0 Å². The highest BCUT2D eigenvalue weighted by Gasteiger charge is 2.17. The van der Waals surface area contributed by atoms with Crippen molar-refractivity contribution in [3.63, 3.8) is 0 Å². The van der Waals surface area contributed by atoms with Crippen LogP contribution in [0, 0.1) is 0 Å². The second-order valence-electron chi connectivity index (χ2n) is 10.6. The quantitative estimate of drug-likeness (QED) is 0.211. The summed E-state index contributed by atoms with van der Waals surface area (Å²) < 4.78 is 7.38. The molecule has 41 heavy (non-hydrogen) atoms. The minimum absolute atomic E-state index is 1.17. The van der Waals surface area contributed by atoms with E-state index in [2.05, 4.69) is 155 Å². The van der Waals surface area contributed by atoms with Gasteiger partial charge in [0.15, 0.2) is 0 Å². The lowest BCUT2D eigenvalue weighted by Gasteiger charge is -2.10. The third-order valence-electron chi connectivity index (χ3n) is 8.38. The molecule has 0 saturated heterocycles. The Hall–Kier alpha value is -5.12. The zero-order valence-corrected chi connectivity index (χ0v) is 23.0. The first-order valence-corrected chi connectivity index (χ1v) is 14.8. The standard InChI is InChI=1S/C38H24N2S/c1-2-9-26(10-3-1)39-24-23-32-33(39)21-22-35-37(32)31-12-4-6-15-34(31)40(35)27-19-17-25(18-20-27)28-13-8-14-30-29-11-5-7-16-36(29)41-38(28)30/h1-24H. The fraction of sp³-hybridized carbons (Fsp3) is 0. The van der Waals surface area contributed by atoms with E-state index in [9.17, 15) is 0 Å². The fourth-order valence-corrected chi connectivity index (χ4v) is 7.78. The molecule has 0 fully saturated rings. The molecule has 0 amide bonds. The summed E-state index contributed by atoms with van der Waals surface area (Å²) in [5.74, 6) is 0. The zero-order chi connectivity index (χ0) is 26.9. The lowest BCUT2D eigenvalue weighted by Crippen LogP contribution is -1.94. The van der Waals surface area contributed by atoms with Crippen LogP contribution in [0.2, 0.25) is 0 Å². The maximum Gasteiger partial charge on any atom is 0.0548 e. The predicted molar refractivity (Wildman–Crippen MR) is 176 cm³/mol. The van der Waals surface area contributed by atoms with Crippen LogP contribution >= 0.6 is 11.3 Å². The molecule has 0 spiro atoms. The van der Waals surface area contributed by atoms with Crippen molar-refractivity contribution < 1.29 is 0 Å². The number of thiophene rings is 1. The molecule has 3 aromatic heterocycles. The van der Waals surface area contributed by atoms with Crippen molar-refractivity contribution in [2.45, 2.75) is 0 Å². The van der Waals surface area contributed by atoms with Crippen molar-refractivity contribution in [3.05, 3.63) is 146 Å². The Balaban J connectivity index is 1.23. The van der Waals surface area contributed by atoms with Crippen LogP contribution < -0.4 is 0 Å². The van der Waals surface area contributed by atoms with Gasteiger partial charge < -0.3 is 9.13 Å². The van der Waals surface area contributed by atoms with Crippen molar-refractivity contribution >= 4 is 64.2 Å². The van der Waals surface area contributed by atoms with Crippen molar-refractivity contribution in [1.29, 1.82) is 0 Å². The maximum atomic E-state index is 2.41. The molecule has 0 atom stereocenters. The van der Waals surface area contributed by atoms with Crippen LogP contribution in [0.15, 0.2) is 146 Å². The van der Waals surface area contributed by atoms with Crippen LogP contribution in [0.5, 0.6) is 0 Å². The summed E-state index contributed by atoms with van der Waals surface area (Å²) in [4.78, 5) is 0. The average molecular weight is 541 g/mol. The summed E-state index contributed by atoms with van der Waals surface area (Å²) in [6, 6.07) is 50.6. The number of hydrogen-bond acceptors (Lipinski definition) is 1. The summed E-state index contributed by atoms with van der Waals surface area (Å²) in [7, 11) is 0. The lowest BCUT2D eigenvalue weighted by molar-refractivity contribution is 1.13. The molecule has 0 aliphatic rings. The molecule has 6 aromatic carbocycles. The summed E-state index contributed by atoms with van der Waals surface area (Å²) >= 11 is 1.88. The third kappa shape index (κ3) is 3.30. The first kappa shape index (κ1) is 22.7. The molecule has 3 heteroatoms. The van der Waals surface area contributed by atoms with Gasteiger partial charge in [0, 0.05) is 53.9 Å². The van der Waals surface area contributed by atoms with E-state index in [1.165, 1.54) is 75.4 Å². The summed E-state index contributed by atoms with van der Waals surface area (Å²) in [6.07, 6.45) is 2.19. The number of hydrogen-bond donors (Lipinski definition) is 0. The normalized spacial score (nSPS) is 11.9. The van der Waals surface area contributed by atoms with Gasteiger partial charge in [-0.2, -0.15) is 0 Å². The number of benzene rings is 6. The molecule has 0 aliphatic carbocycles. The Morgan fingerprint density at radius 2 is 1.15 bits per heavy atom. The molecular formula is C38H24N2S. The highest BCUT2D eigenvalue weighted by molar-refractivity contribution is 7.26. The zero-order valence-electron chi connectivity index (χ0n) is 22.2. The Kier molecular flexibility index (Phi) is 4.80. The molecule has 0 N–H and O–H groups in total. The van der Waals surface area contributed by atoms with Gasteiger partial charge in [0.1, 0.15) is 0 Å². The summed E-state index contributed by atoms with van der Waals surface area (Å²) in [5.41, 5.74) is 8.56. The van der Waals surface area contributed by atoms with Crippen LogP contribution in [0.25, 0.3) is 75.4 Å². The molecule has 0 saturated carbocycles. The van der Waals surface area contributed by atoms with E-state index in [1.807, 2.05) is 11.3 Å². The molecule has 0 radical (unpaired) electrons. The second kappa shape index (κ2) is 8.69. The van der Waals surface area contributed by atoms with E-state index in [-0.39, 0.29) is 0 Å². The van der Waals surface area contributed by atoms with Gasteiger partial charge in [-0.3, -0.25) is 0 Å². The largest absolute Gasteiger partial charge is 0.317 e. The van der Waals surface area contributed by atoms with Crippen molar-refractivity contribution in [1.82, 2.24) is 9.13 Å². The van der Waals surface area contributed by atoms with Gasteiger partial charge in [-0.15, -0.1) is 11.3 Å². The Morgan fingerprint density at radius 1 is 0.439 bits per heavy atom. The lowest BCUT2D eigenvalue weighted by atomic mass is 10.0. The highest BCUT2D eigenvalue weighted by Crippen LogP contribution is 2.41. The highest BCUT2D eigenvalue weighted by atomic mass is 32.1. The molecule has 0 aliphatic heterocycles. The van der Waals surface area contributed by atoms with E-state index in [0.29, 0.717) is 0 Å². The third-order valence-corrected chi connectivity index (χ3v) is 9.60. The molecule has 2 nitrogen and oxygen atoms in total. The van der Waals surface area contributed by atoms with Gasteiger partial charge in [0.25, 0.3) is 0 Å². The Labute approximate surface area is 240 Å². The van der Waals surface area contributed by atoms with Crippen molar-refractivity contribution in [3.8, 4) is 22.5 Å². The van der Waals surface area contributed by atoms with Crippen LogP contribution in [-0.2, 0) is 0 Å². The number of rotatable bonds is 3. The van der Waals surface area contributed by atoms with Gasteiger partial charge >= 0.3 is 0 Å². The van der Waals surface area contributed by atoms with Crippen LogP contribution in [0.1, 0.15) is 0 Å². The Morgan fingerprint density at radius 3 is 2.02 bits per heavy atom. The predicted octanol–water partition coefficient (Wildman–Crippen LogP) is 10.8. The minimum atomic E-state index is 1.17. The monoisotopic (exact) mass is 540 g/mol. The fourth-order valence-electron chi connectivity index (χ4n) is 6.54. The van der Waals surface area contributed by atoms with Crippen molar-refractivity contribution in [2.75, 3.05) is 0 Å². The smallest absolute Gasteiger partial charge is 0.0548 e. The van der Waals surface area contributed by atoms with Crippen molar-refractivity contribution in [2.24, 2.45) is 0 Å². The van der Waals surface area contributed by atoms with Gasteiger partial charge in [-0.25, -0.2) is 0 Å². The number of aromatic nitrogens is 2. The molecule has 9 aromatic rings. The van der Waals surface area contributed by atoms with Crippen LogP contribution in [0.4, 0.5) is 0 Å². The van der Waals surface area contributed by atoms with E-state index >= 15 is 0 Å². The molecular weight excluding hydrogens is 516 g/mol. The topological polar surface area (TPSA) is 9.86 Å². The molecule has 0 unspecified atom stereocenters. The van der Waals surface area contributed by atoms with Gasteiger partial charge in [0.2, 0.25) is 0 Å². The molecule has 192 valence electrons. The first-order chi connectivity index (χ1) is 20.3. The SMILES string of the molecule is c1ccc(-n2ccc3c4c5ccccc5n(-c5ccc(-c6cccc7c6sc6ccccc67)cc5)c4ccc32)cc1. The number of para-hydroxylation sites is 2. The molecule has 3 heterocycles. The average Bonchev–Trinajstić information content (AvgIpc) is 3.73. The van der Waals surface area contributed by atoms with E-state index in [1.54, 1.807) is 0 Å². The van der Waals surface area contributed by atoms with Crippen LogP contribution in [0.3, 0.4) is 0 Å². The minimum Gasteiger partial charge on any atom is -0.317 e. The number of fused-ring (bicyclic) bond motifs is 8. The van der Waals surface area contributed by atoms with Gasteiger partial charge in [-0.05, 0) is 65.7 Å². The summed E-state index contributed by atoms with van der Waals surface area (Å²) in [5, 5.41) is 6.52. The Bertz CT molecular complexity index is 2400. The number of nitrogens with zero attached hydrogens (tertiary/aromatic N) is 2. The first-order valence-electron chi connectivity index (χ1n) is 13.9. The van der Waals surface area contributed by atoms with E-state index in [0.717, 1.165) is 0 Å². The second-order valence-corrected chi connectivity index (χ2v) is 11.6. The summed E-state index contributed by atoms with van der Waals surface area (Å²) in [6.45, 7) is 0. The maximum absolute atomic E-state index is 2.41. The molecule has 0 bridgehead atoms. The van der Waals surface area contributed by atoms with Crippen LogP contribution in [-0.4, -0.2) is 9.13 Å². The van der Waals surface area contributed by atoms with E-state index < -0.39 is 0 Å². The van der Waals surface area contributed by atoms with Gasteiger partial charge in [0.05, 0.1) is 16.6 Å².